The molecule has 0 spiro atoms. The number of carbonyl (C=O) groups is 2. The normalized spacial score (nSPS) is 19.2. The Bertz CT molecular complexity index is 328. The molecule has 0 aliphatic carbocycles. The first-order chi connectivity index (χ1) is 7.47. The Morgan fingerprint density at radius 3 is 2.75 bits per heavy atom. The number of nitrogens with one attached hydrogen (secondary N) is 1. The van der Waals surface area contributed by atoms with Crippen molar-refractivity contribution in [2.45, 2.75) is 38.6 Å². The van der Waals surface area contributed by atoms with Gasteiger partial charge in [0.05, 0.1) is 6.54 Å². The largest absolute Gasteiger partial charge is 0.341 e. The number of piperazine rings is 1. The van der Waals surface area contributed by atoms with Crippen LogP contribution in [0.15, 0.2) is 0 Å². The van der Waals surface area contributed by atoms with Gasteiger partial charge in [-0.05, 0) is 26.7 Å². The first-order valence-corrected chi connectivity index (χ1v) is 5.51. The number of carbonyl (C=O) groups excluding carboxylic acids is 2. The van der Waals surface area contributed by atoms with Gasteiger partial charge in [0.15, 0.2) is 0 Å². The Morgan fingerprint density at radius 1 is 1.44 bits per heavy atom. The van der Waals surface area contributed by atoms with Crippen molar-refractivity contribution >= 4 is 11.8 Å². The number of amides is 2. The average Bonchev–Trinajstić information content (AvgIpc) is 2.19. The molecule has 0 radical (unpaired) electrons. The lowest BCUT2D eigenvalue weighted by Crippen LogP contribution is -2.63. The third-order valence-electron chi connectivity index (χ3n) is 2.61. The number of nitrogens with zero attached hydrogens (tertiary/aromatic N) is 1. The molecule has 1 fully saturated rings. The highest BCUT2D eigenvalue weighted by Gasteiger charge is 2.38. The van der Waals surface area contributed by atoms with Crippen LogP contribution in [0.4, 0.5) is 0 Å². The van der Waals surface area contributed by atoms with Crippen LogP contribution in [-0.2, 0) is 9.59 Å². The highest BCUT2D eigenvalue weighted by molar-refractivity contribution is 5.97. The van der Waals surface area contributed by atoms with Gasteiger partial charge in [-0.2, -0.15) is 0 Å². The number of rotatable bonds is 4. The van der Waals surface area contributed by atoms with E-state index in [0.29, 0.717) is 6.54 Å². The highest BCUT2D eigenvalue weighted by atomic mass is 16.2. The van der Waals surface area contributed by atoms with Crippen molar-refractivity contribution in [3.05, 3.63) is 0 Å². The van der Waals surface area contributed by atoms with Crippen LogP contribution in [0.3, 0.4) is 0 Å². The molecule has 1 aliphatic heterocycles. The SMILES string of the molecule is C#CCCCCN1CC(=O)NC(C)(C)C1=O. The summed E-state index contributed by atoms with van der Waals surface area (Å²) in [6.07, 6.45) is 7.60. The molecule has 88 valence electrons. The van der Waals surface area contributed by atoms with E-state index in [4.69, 9.17) is 6.42 Å². The average molecular weight is 222 g/mol. The maximum atomic E-state index is 11.9. The fourth-order valence-corrected chi connectivity index (χ4v) is 1.79. The summed E-state index contributed by atoms with van der Waals surface area (Å²) in [4.78, 5) is 24.9. The van der Waals surface area contributed by atoms with Crippen LogP contribution in [0.5, 0.6) is 0 Å². The maximum absolute atomic E-state index is 11.9. The van der Waals surface area contributed by atoms with Gasteiger partial charge in [-0.1, -0.05) is 0 Å². The van der Waals surface area contributed by atoms with Gasteiger partial charge in [0.25, 0.3) is 0 Å². The monoisotopic (exact) mass is 222 g/mol. The lowest BCUT2D eigenvalue weighted by atomic mass is 10.0. The molecule has 1 heterocycles. The molecule has 0 unspecified atom stereocenters. The second-order valence-corrected chi connectivity index (χ2v) is 4.56. The summed E-state index contributed by atoms with van der Waals surface area (Å²) in [6, 6.07) is 0. The molecule has 1 aliphatic rings. The molecule has 4 nitrogen and oxygen atoms in total. The summed E-state index contributed by atoms with van der Waals surface area (Å²) in [5.41, 5.74) is -0.776. The molecule has 1 rings (SSSR count). The Balaban J connectivity index is 2.49. The van der Waals surface area contributed by atoms with Gasteiger partial charge in [-0.25, -0.2) is 0 Å². The fourth-order valence-electron chi connectivity index (χ4n) is 1.79. The van der Waals surface area contributed by atoms with Gasteiger partial charge in [0.1, 0.15) is 5.54 Å². The summed E-state index contributed by atoms with van der Waals surface area (Å²) in [7, 11) is 0. The summed E-state index contributed by atoms with van der Waals surface area (Å²) >= 11 is 0. The number of hydrogen-bond donors (Lipinski definition) is 1. The topological polar surface area (TPSA) is 49.4 Å². The van der Waals surface area contributed by atoms with E-state index in [1.54, 1.807) is 18.7 Å². The number of unbranched alkanes of at least 4 members (excludes halogenated alkanes) is 2. The van der Waals surface area contributed by atoms with Crippen molar-refractivity contribution < 1.29 is 9.59 Å². The minimum Gasteiger partial charge on any atom is -0.341 e. The van der Waals surface area contributed by atoms with E-state index < -0.39 is 5.54 Å². The van der Waals surface area contributed by atoms with Crippen molar-refractivity contribution in [1.29, 1.82) is 0 Å². The van der Waals surface area contributed by atoms with E-state index in [1.807, 2.05) is 0 Å². The Morgan fingerprint density at radius 2 is 2.12 bits per heavy atom. The van der Waals surface area contributed by atoms with E-state index in [1.165, 1.54) is 0 Å². The van der Waals surface area contributed by atoms with E-state index >= 15 is 0 Å². The minimum atomic E-state index is -0.776. The van der Waals surface area contributed by atoms with Crippen molar-refractivity contribution in [3.63, 3.8) is 0 Å². The Labute approximate surface area is 96.4 Å². The molecule has 4 heteroatoms. The quantitative estimate of drug-likeness (QED) is 0.557. The highest BCUT2D eigenvalue weighted by Crippen LogP contribution is 2.13. The summed E-state index contributed by atoms with van der Waals surface area (Å²) in [5.74, 6) is 2.44. The molecular formula is C12H18N2O2. The Hall–Kier alpha value is -1.50. The summed E-state index contributed by atoms with van der Waals surface area (Å²) < 4.78 is 0. The van der Waals surface area contributed by atoms with Gasteiger partial charge >= 0.3 is 0 Å². The van der Waals surface area contributed by atoms with Gasteiger partial charge in [0.2, 0.25) is 11.8 Å². The summed E-state index contributed by atoms with van der Waals surface area (Å²) in [6.45, 7) is 4.22. The molecule has 2 amide bonds. The lowest BCUT2D eigenvalue weighted by molar-refractivity contribution is -0.148. The predicted octanol–water partition coefficient (Wildman–Crippen LogP) is 0.527. The van der Waals surface area contributed by atoms with Gasteiger partial charge in [-0.15, -0.1) is 12.3 Å². The zero-order chi connectivity index (χ0) is 12.2. The molecule has 0 atom stereocenters. The lowest BCUT2D eigenvalue weighted by Gasteiger charge is -2.37. The number of hydrogen-bond acceptors (Lipinski definition) is 2. The van der Waals surface area contributed by atoms with Crippen LogP contribution < -0.4 is 5.32 Å². The second-order valence-electron chi connectivity index (χ2n) is 4.56. The first kappa shape index (κ1) is 12.6. The van der Waals surface area contributed by atoms with Crippen LogP contribution in [0, 0.1) is 12.3 Å². The standard InChI is InChI=1S/C12H18N2O2/c1-4-5-6-7-8-14-9-10(15)13-12(2,3)11(14)16/h1H,5-9H2,2-3H3,(H,13,15). The minimum absolute atomic E-state index is 0.0205. The smallest absolute Gasteiger partial charge is 0.248 e. The van der Waals surface area contributed by atoms with Crippen molar-refractivity contribution in [3.8, 4) is 12.3 Å². The predicted molar refractivity (Wildman–Crippen MR) is 61.5 cm³/mol. The summed E-state index contributed by atoms with van der Waals surface area (Å²) in [5, 5.41) is 2.67. The zero-order valence-corrected chi connectivity index (χ0v) is 9.88. The molecule has 0 saturated carbocycles. The van der Waals surface area contributed by atoms with E-state index in [-0.39, 0.29) is 18.4 Å². The van der Waals surface area contributed by atoms with E-state index in [9.17, 15) is 9.59 Å². The maximum Gasteiger partial charge on any atom is 0.248 e. The van der Waals surface area contributed by atoms with E-state index in [2.05, 4.69) is 11.2 Å². The molecular weight excluding hydrogens is 204 g/mol. The zero-order valence-electron chi connectivity index (χ0n) is 9.88. The number of terminal acetylenes is 1. The fraction of sp³-hybridized carbons (Fsp3) is 0.667. The molecule has 1 saturated heterocycles. The Kier molecular flexibility index (Phi) is 3.94. The van der Waals surface area contributed by atoms with Crippen molar-refractivity contribution in [1.82, 2.24) is 10.2 Å². The van der Waals surface area contributed by atoms with E-state index in [0.717, 1.165) is 19.3 Å². The molecule has 0 aromatic carbocycles. The van der Waals surface area contributed by atoms with Gasteiger partial charge in [-0.3, -0.25) is 9.59 Å². The van der Waals surface area contributed by atoms with Gasteiger partial charge in [0, 0.05) is 13.0 Å². The third kappa shape index (κ3) is 2.99. The second kappa shape index (κ2) is 5.02. The molecule has 0 bridgehead atoms. The molecule has 1 N–H and O–H groups in total. The van der Waals surface area contributed by atoms with Crippen LogP contribution >= 0.6 is 0 Å². The van der Waals surface area contributed by atoms with Crippen LogP contribution in [0.2, 0.25) is 0 Å². The molecule has 0 aromatic heterocycles. The third-order valence-corrected chi connectivity index (χ3v) is 2.61. The van der Waals surface area contributed by atoms with Crippen LogP contribution in [0.25, 0.3) is 0 Å². The van der Waals surface area contributed by atoms with Crippen LogP contribution in [-0.4, -0.2) is 35.3 Å². The van der Waals surface area contributed by atoms with Crippen molar-refractivity contribution in [2.75, 3.05) is 13.1 Å². The molecule has 16 heavy (non-hydrogen) atoms. The molecule has 0 aromatic rings. The van der Waals surface area contributed by atoms with Gasteiger partial charge < -0.3 is 10.2 Å². The first-order valence-electron chi connectivity index (χ1n) is 5.51. The van der Waals surface area contributed by atoms with Crippen LogP contribution in [0.1, 0.15) is 33.1 Å². The van der Waals surface area contributed by atoms with Crippen molar-refractivity contribution in [2.24, 2.45) is 0 Å².